The molecule has 0 unspecified atom stereocenters. The molecule has 1 spiro atoms. The zero-order chi connectivity index (χ0) is 14.1. The van der Waals surface area contributed by atoms with Crippen LogP contribution in [-0.2, 0) is 14.3 Å². The highest BCUT2D eigenvalue weighted by molar-refractivity contribution is 5.71. The Balaban J connectivity index is 1.88. The molecular formula is C14H23NO4. The molecule has 108 valence electrons. The molecule has 0 aromatic rings. The number of nitrogens with zero attached hydrogens (tertiary/aromatic N) is 1. The number of piperidine rings is 1. The highest BCUT2D eigenvalue weighted by Crippen LogP contribution is 2.35. The third-order valence-electron chi connectivity index (χ3n) is 3.67. The summed E-state index contributed by atoms with van der Waals surface area (Å²) in [6.45, 7) is 6.78. The van der Waals surface area contributed by atoms with Crippen molar-refractivity contribution < 1.29 is 19.1 Å². The van der Waals surface area contributed by atoms with E-state index in [1.165, 1.54) is 0 Å². The monoisotopic (exact) mass is 269 g/mol. The van der Waals surface area contributed by atoms with Gasteiger partial charge in [0, 0.05) is 32.4 Å². The number of likely N-dealkylation sites (tertiary alicyclic amines) is 1. The minimum absolute atomic E-state index is 0.100. The van der Waals surface area contributed by atoms with E-state index in [2.05, 4.69) is 0 Å². The van der Waals surface area contributed by atoms with Crippen LogP contribution in [0.1, 0.15) is 52.9 Å². The number of ether oxygens (including phenoxy) is 2. The van der Waals surface area contributed by atoms with Crippen molar-refractivity contribution in [3.63, 3.8) is 0 Å². The lowest BCUT2D eigenvalue weighted by Gasteiger charge is -2.43. The van der Waals surface area contributed by atoms with Crippen molar-refractivity contribution in [2.24, 2.45) is 0 Å². The second kappa shape index (κ2) is 5.02. The van der Waals surface area contributed by atoms with E-state index in [0.717, 1.165) is 25.7 Å². The van der Waals surface area contributed by atoms with Gasteiger partial charge in [0.15, 0.2) is 0 Å². The molecule has 2 fully saturated rings. The van der Waals surface area contributed by atoms with Gasteiger partial charge in [-0.15, -0.1) is 0 Å². The lowest BCUT2D eigenvalue weighted by atomic mass is 9.84. The van der Waals surface area contributed by atoms with Gasteiger partial charge in [0.25, 0.3) is 0 Å². The molecule has 0 N–H and O–H groups in total. The van der Waals surface area contributed by atoms with Crippen LogP contribution >= 0.6 is 0 Å². The van der Waals surface area contributed by atoms with Gasteiger partial charge in [0.05, 0.1) is 0 Å². The van der Waals surface area contributed by atoms with Gasteiger partial charge in [-0.25, -0.2) is 4.79 Å². The molecule has 0 aliphatic carbocycles. The number of hydrogen-bond acceptors (Lipinski definition) is 4. The van der Waals surface area contributed by atoms with Crippen LogP contribution in [0.15, 0.2) is 0 Å². The van der Waals surface area contributed by atoms with Crippen LogP contribution in [0.2, 0.25) is 0 Å². The normalized spacial score (nSPS) is 23.1. The minimum atomic E-state index is -0.469. The van der Waals surface area contributed by atoms with Crippen molar-refractivity contribution >= 4 is 12.1 Å². The lowest BCUT2D eigenvalue weighted by molar-refractivity contribution is -0.172. The molecule has 2 saturated heterocycles. The van der Waals surface area contributed by atoms with Gasteiger partial charge in [-0.05, 0) is 33.6 Å². The van der Waals surface area contributed by atoms with Crippen LogP contribution < -0.4 is 0 Å². The zero-order valence-corrected chi connectivity index (χ0v) is 12.0. The van der Waals surface area contributed by atoms with Crippen LogP contribution in [0.25, 0.3) is 0 Å². The van der Waals surface area contributed by atoms with Gasteiger partial charge in [-0.2, -0.15) is 0 Å². The van der Waals surface area contributed by atoms with E-state index in [9.17, 15) is 9.59 Å². The average Bonchev–Trinajstić information content (AvgIpc) is 2.27. The fourth-order valence-corrected chi connectivity index (χ4v) is 2.67. The summed E-state index contributed by atoms with van der Waals surface area (Å²) in [6, 6.07) is 0. The summed E-state index contributed by atoms with van der Waals surface area (Å²) in [7, 11) is 0. The van der Waals surface area contributed by atoms with Crippen molar-refractivity contribution in [3.8, 4) is 0 Å². The average molecular weight is 269 g/mol. The summed E-state index contributed by atoms with van der Waals surface area (Å²) >= 11 is 0. The number of esters is 1. The summed E-state index contributed by atoms with van der Waals surface area (Å²) < 4.78 is 10.9. The van der Waals surface area contributed by atoms with Crippen molar-refractivity contribution in [3.05, 3.63) is 0 Å². The Hall–Kier alpha value is -1.26. The molecule has 0 saturated carbocycles. The topological polar surface area (TPSA) is 55.8 Å². The molecule has 0 radical (unpaired) electrons. The van der Waals surface area contributed by atoms with Crippen molar-refractivity contribution in [1.82, 2.24) is 4.90 Å². The summed E-state index contributed by atoms with van der Waals surface area (Å²) in [5, 5.41) is 0. The van der Waals surface area contributed by atoms with Crippen molar-refractivity contribution in [1.29, 1.82) is 0 Å². The molecular weight excluding hydrogens is 246 g/mol. The Bertz CT molecular complexity index is 364. The highest BCUT2D eigenvalue weighted by Gasteiger charge is 2.41. The van der Waals surface area contributed by atoms with E-state index < -0.39 is 5.60 Å². The number of rotatable bonds is 0. The van der Waals surface area contributed by atoms with Crippen LogP contribution in [0.4, 0.5) is 4.79 Å². The minimum Gasteiger partial charge on any atom is -0.459 e. The maximum atomic E-state index is 11.9. The van der Waals surface area contributed by atoms with Crippen LogP contribution in [-0.4, -0.2) is 41.3 Å². The first-order chi connectivity index (χ1) is 8.80. The first kappa shape index (κ1) is 14.2. The Morgan fingerprint density at radius 3 is 2.42 bits per heavy atom. The Morgan fingerprint density at radius 1 is 1.26 bits per heavy atom. The largest absolute Gasteiger partial charge is 0.459 e. The molecule has 0 aromatic heterocycles. The molecule has 1 amide bonds. The molecule has 2 heterocycles. The van der Waals surface area contributed by atoms with E-state index in [1.807, 2.05) is 20.8 Å². The Labute approximate surface area is 114 Å². The first-order valence-corrected chi connectivity index (χ1v) is 7.00. The van der Waals surface area contributed by atoms with Gasteiger partial charge in [-0.1, -0.05) is 0 Å². The zero-order valence-electron chi connectivity index (χ0n) is 12.0. The smallest absolute Gasteiger partial charge is 0.410 e. The third kappa shape index (κ3) is 3.61. The molecule has 2 rings (SSSR count). The second-order valence-corrected chi connectivity index (χ2v) is 6.48. The lowest BCUT2D eigenvalue weighted by Crippen LogP contribution is -2.51. The first-order valence-electron chi connectivity index (χ1n) is 7.00. The highest BCUT2D eigenvalue weighted by atomic mass is 16.6. The van der Waals surface area contributed by atoms with Crippen LogP contribution in [0.3, 0.4) is 0 Å². The molecule has 2 aliphatic rings. The van der Waals surface area contributed by atoms with E-state index in [4.69, 9.17) is 9.47 Å². The number of carbonyl (C=O) groups excluding carboxylic acids is 2. The molecule has 0 aromatic carbocycles. The fraction of sp³-hybridized carbons (Fsp3) is 0.857. The maximum absolute atomic E-state index is 11.9. The van der Waals surface area contributed by atoms with Gasteiger partial charge >= 0.3 is 12.1 Å². The van der Waals surface area contributed by atoms with Gasteiger partial charge in [-0.3, -0.25) is 4.79 Å². The molecule has 5 heteroatoms. The molecule has 0 atom stereocenters. The fourth-order valence-electron chi connectivity index (χ4n) is 2.67. The third-order valence-corrected chi connectivity index (χ3v) is 3.67. The van der Waals surface area contributed by atoms with E-state index >= 15 is 0 Å². The second-order valence-electron chi connectivity index (χ2n) is 6.48. The van der Waals surface area contributed by atoms with Gasteiger partial charge < -0.3 is 14.4 Å². The summed E-state index contributed by atoms with van der Waals surface area (Å²) in [4.78, 5) is 25.1. The predicted octanol–water partition coefficient (Wildman–Crippen LogP) is 2.48. The SMILES string of the molecule is CC(C)(C)OC(=O)N1CCC2(CCCC(=O)O2)CC1. The molecule has 19 heavy (non-hydrogen) atoms. The van der Waals surface area contributed by atoms with Crippen molar-refractivity contribution in [2.75, 3.05) is 13.1 Å². The van der Waals surface area contributed by atoms with Gasteiger partial charge in [0.1, 0.15) is 11.2 Å². The summed E-state index contributed by atoms with van der Waals surface area (Å²) in [6.07, 6.45) is 3.50. The number of amides is 1. The number of hydrogen-bond donors (Lipinski definition) is 0. The summed E-state index contributed by atoms with van der Waals surface area (Å²) in [5.41, 5.74) is -0.794. The number of carbonyl (C=O) groups is 2. The van der Waals surface area contributed by atoms with E-state index in [0.29, 0.717) is 19.5 Å². The van der Waals surface area contributed by atoms with Crippen molar-refractivity contribution in [2.45, 2.75) is 64.1 Å². The van der Waals surface area contributed by atoms with E-state index in [-0.39, 0.29) is 17.7 Å². The van der Waals surface area contributed by atoms with E-state index in [1.54, 1.807) is 4.90 Å². The standard InChI is InChI=1S/C14H23NO4/c1-13(2,3)19-12(17)15-9-7-14(8-10-15)6-4-5-11(16)18-14/h4-10H2,1-3H3. The molecule has 0 bridgehead atoms. The Kier molecular flexibility index (Phi) is 3.74. The summed E-state index contributed by atoms with van der Waals surface area (Å²) in [5.74, 6) is -0.100. The van der Waals surface area contributed by atoms with Crippen LogP contribution in [0, 0.1) is 0 Å². The quantitative estimate of drug-likeness (QED) is 0.634. The maximum Gasteiger partial charge on any atom is 0.410 e. The predicted molar refractivity (Wildman–Crippen MR) is 69.7 cm³/mol. The molecule has 2 aliphatic heterocycles. The van der Waals surface area contributed by atoms with Crippen LogP contribution in [0.5, 0.6) is 0 Å². The molecule has 5 nitrogen and oxygen atoms in total. The Morgan fingerprint density at radius 2 is 1.89 bits per heavy atom. The van der Waals surface area contributed by atoms with Gasteiger partial charge in [0.2, 0.25) is 0 Å².